The topological polar surface area (TPSA) is 58.6 Å². The molecule has 1 rings (SSSR count). The number of aliphatic hydroxyl groups is 1. The molecule has 1 amide bonds. The van der Waals surface area contributed by atoms with E-state index in [1.807, 2.05) is 31.2 Å². The lowest BCUT2D eigenvalue weighted by molar-refractivity contribution is -0.116. The van der Waals surface area contributed by atoms with Gasteiger partial charge in [-0.1, -0.05) is 18.2 Å². The van der Waals surface area contributed by atoms with Crippen LogP contribution in [0.5, 0.6) is 5.75 Å². The van der Waals surface area contributed by atoms with Gasteiger partial charge >= 0.3 is 0 Å². The van der Waals surface area contributed by atoms with Crippen molar-refractivity contribution in [1.82, 2.24) is 5.32 Å². The molecule has 0 saturated heterocycles. The van der Waals surface area contributed by atoms with E-state index in [2.05, 4.69) is 5.32 Å². The van der Waals surface area contributed by atoms with E-state index in [1.54, 1.807) is 14.0 Å². The van der Waals surface area contributed by atoms with Crippen molar-refractivity contribution in [2.24, 2.45) is 0 Å². The van der Waals surface area contributed by atoms with Gasteiger partial charge in [0.25, 0.3) is 0 Å². The Kier molecular flexibility index (Phi) is 5.39. The van der Waals surface area contributed by atoms with Crippen molar-refractivity contribution in [3.8, 4) is 5.75 Å². The minimum atomic E-state index is -0.547. The molecule has 1 aromatic carbocycles. The lowest BCUT2D eigenvalue weighted by atomic mass is 10.1. The quantitative estimate of drug-likeness (QED) is 0.779. The van der Waals surface area contributed by atoms with Crippen molar-refractivity contribution < 1.29 is 14.6 Å². The summed E-state index contributed by atoms with van der Waals surface area (Å²) in [6.45, 7) is 3.71. The summed E-state index contributed by atoms with van der Waals surface area (Å²) in [6, 6.07) is 7.51. The van der Waals surface area contributed by atoms with Crippen LogP contribution in [0.25, 0.3) is 5.57 Å². The van der Waals surface area contributed by atoms with Crippen molar-refractivity contribution in [1.29, 1.82) is 0 Å². The molecule has 0 heterocycles. The van der Waals surface area contributed by atoms with Gasteiger partial charge in [0, 0.05) is 18.2 Å². The number of hydrogen-bond acceptors (Lipinski definition) is 3. The number of ether oxygens (including phenoxy) is 1. The first-order chi connectivity index (χ1) is 8.54. The Morgan fingerprint density at radius 3 is 2.78 bits per heavy atom. The Hall–Kier alpha value is -1.81. The fourth-order valence-corrected chi connectivity index (χ4v) is 1.54. The smallest absolute Gasteiger partial charge is 0.244 e. The van der Waals surface area contributed by atoms with Gasteiger partial charge in [-0.2, -0.15) is 0 Å². The molecule has 1 atom stereocenters. The zero-order chi connectivity index (χ0) is 13.5. The van der Waals surface area contributed by atoms with Crippen LogP contribution in [0.3, 0.4) is 0 Å². The number of amides is 1. The van der Waals surface area contributed by atoms with Gasteiger partial charge in [-0.25, -0.2) is 0 Å². The van der Waals surface area contributed by atoms with E-state index in [1.165, 1.54) is 6.08 Å². The van der Waals surface area contributed by atoms with Crippen molar-refractivity contribution in [3.05, 3.63) is 35.9 Å². The summed E-state index contributed by atoms with van der Waals surface area (Å²) in [6.07, 6.45) is 0.953. The monoisotopic (exact) mass is 249 g/mol. The lowest BCUT2D eigenvalue weighted by Gasteiger charge is -2.09. The Bertz CT molecular complexity index is 438. The van der Waals surface area contributed by atoms with Gasteiger partial charge in [-0.05, 0) is 25.5 Å². The highest BCUT2D eigenvalue weighted by molar-refractivity contribution is 5.95. The SMILES string of the molecule is COc1ccccc1/C(C)=C/C(=O)NCC(C)O. The van der Waals surface area contributed by atoms with E-state index in [0.717, 1.165) is 16.9 Å². The number of methoxy groups -OCH3 is 1. The van der Waals surface area contributed by atoms with E-state index in [9.17, 15) is 4.79 Å². The second-order valence-corrected chi connectivity index (χ2v) is 4.12. The fourth-order valence-electron chi connectivity index (χ4n) is 1.54. The summed E-state index contributed by atoms with van der Waals surface area (Å²) in [4.78, 5) is 11.6. The van der Waals surface area contributed by atoms with Crippen LogP contribution < -0.4 is 10.1 Å². The second kappa shape index (κ2) is 6.81. The van der Waals surface area contributed by atoms with Gasteiger partial charge in [0.1, 0.15) is 5.75 Å². The number of aliphatic hydroxyl groups excluding tert-OH is 1. The van der Waals surface area contributed by atoms with E-state index >= 15 is 0 Å². The van der Waals surface area contributed by atoms with E-state index in [4.69, 9.17) is 9.84 Å². The molecule has 0 aliphatic heterocycles. The Morgan fingerprint density at radius 1 is 1.50 bits per heavy atom. The van der Waals surface area contributed by atoms with Crippen LogP contribution in [0.1, 0.15) is 19.4 Å². The molecule has 0 aliphatic carbocycles. The first-order valence-corrected chi connectivity index (χ1v) is 5.82. The van der Waals surface area contributed by atoms with Gasteiger partial charge < -0.3 is 15.2 Å². The van der Waals surface area contributed by atoms with E-state index in [-0.39, 0.29) is 12.5 Å². The molecule has 0 fully saturated rings. The van der Waals surface area contributed by atoms with Crippen molar-refractivity contribution in [2.75, 3.05) is 13.7 Å². The standard InChI is InChI=1S/C14H19NO3/c1-10(8-14(17)15-9-11(2)16)12-6-4-5-7-13(12)18-3/h4-8,11,16H,9H2,1-3H3,(H,15,17)/b10-8+. The number of hydrogen-bond donors (Lipinski definition) is 2. The fraction of sp³-hybridized carbons (Fsp3) is 0.357. The molecule has 4 heteroatoms. The molecule has 0 bridgehead atoms. The largest absolute Gasteiger partial charge is 0.496 e. The summed E-state index contributed by atoms with van der Waals surface area (Å²) >= 11 is 0. The second-order valence-electron chi connectivity index (χ2n) is 4.12. The van der Waals surface area contributed by atoms with E-state index < -0.39 is 6.10 Å². The summed E-state index contributed by atoms with van der Waals surface area (Å²) < 4.78 is 5.23. The number of carbonyl (C=O) groups excluding carboxylic acids is 1. The van der Waals surface area contributed by atoms with Crippen molar-refractivity contribution in [2.45, 2.75) is 20.0 Å². The molecule has 1 aromatic rings. The average molecular weight is 249 g/mol. The number of rotatable bonds is 5. The van der Waals surface area contributed by atoms with Crippen LogP contribution in [-0.2, 0) is 4.79 Å². The van der Waals surface area contributed by atoms with Crippen LogP contribution in [0.2, 0.25) is 0 Å². The molecule has 98 valence electrons. The minimum Gasteiger partial charge on any atom is -0.496 e. The molecule has 1 unspecified atom stereocenters. The number of allylic oxidation sites excluding steroid dienone is 1. The third-order valence-electron chi connectivity index (χ3n) is 2.45. The predicted octanol–water partition coefficient (Wildman–Crippen LogP) is 1.60. The minimum absolute atomic E-state index is 0.223. The molecule has 0 radical (unpaired) electrons. The number of nitrogens with one attached hydrogen (secondary N) is 1. The number of benzene rings is 1. The van der Waals surface area contributed by atoms with Gasteiger partial charge in [0.05, 0.1) is 13.2 Å². The summed E-state index contributed by atoms with van der Waals surface area (Å²) in [5.41, 5.74) is 1.70. The summed E-state index contributed by atoms with van der Waals surface area (Å²) in [5.74, 6) is 0.508. The van der Waals surface area contributed by atoms with Crippen LogP contribution in [0.4, 0.5) is 0 Å². The van der Waals surface area contributed by atoms with E-state index in [0.29, 0.717) is 0 Å². The van der Waals surface area contributed by atoms with Gasteiger partial charge in [-0.3, -0.25) is 4.79 Å². The maximum atomic E-state index is 11.6. The highest BCUT2D eigenvalue weighted by Crippen LogP contribution is 2.24. The summed E-state index contributed by atoms with van der Waals surface area (Å²) in [7, 11) is 1.60. The third-order valence-corrected chi connectivity index (χ3v) is 2.45. The predicted molar refractivity (Wildman–Crippen MR) is 71.3 cm³/mol. The molecule has 0 aromatic heterocycles. The highest BCUT2D eigenvalue weighted by Gasteiger charge is 2.06. The van der Waals surface area contributed by atoms with Crippen LogP contribution >= 0.6 is 0 Å². The highest BCUT2D eigenvalue weighted by atomic mass is 16.5. The molecule has 0 spiro atoms. The summed E-state index contributed by atoms with van der Waals surface area (Å²) in [5, 5.41) is 11.7. The molecular weight excluding hydrogens is 230 g/mol. The van der Waals surface area contributed by atoms with Crippen LogP contribution in [0.15, 0.2) is 30.3 Å². The normalized spacial score (nSPS) is 13.0. The van der Waals surface area contributed by atoms with Gasteiger partial charge in [0.2, 0.25) is 5.91 Å². The first-order valence-electron chi connectivity index (χ1n) is 5.82. The Labute approximate surface area is 107 Å². The van der Waals surface area contributed by atoms with Crippen LogP contribution in [-0.4, -0.2) is 30.8 Å². The zero-order valence-electron chi connectivity index (χ0n) is 10.9. The molecular formula is C14H19NO3. The number of carbonyl (C=O) groups is 1. The molecule has 4 nitrogen and oxygen atoms in total. The van der Waals surface area contributed by atoms with Gasteiger partial charge in [-0.15, -0.1) is 0 Å². The van der Waals surface area contributed by atoms with Crippen molar-refractivity contribution in [3.63, 3.8) is 0 Å². The number of para-hydroxylation sites is 1. The molecule has 18 heavy (non-hydrogen) atoms. The molecule has 0 saturated carbocycles. The van der Waals surface area contributed by atoms with Crippen LogP contribution in [0, 0.1) is 0 Å². The first kappa shape index (κ1) is 14.3. The van der Waals surface area contributed by atoms with Gasteiger partial charge in [0.15, 0.2) is 0 Å². The Morgan fingerprint density at radius 2 is 2.17 bits per heavy atom. The lowest BCUT2D eigenvalue weighted by Crippen LogP contribution is -2.29. The third kappa shape index (κ3) is 4.22. The Balaban J connectivity index is 2.79. The average Bonchev–Trinajstić information content (AvgIpc) is 2.36. The zero-order valence-corrected chi connectivity index (χ0v) is 10.9. The maximum absolute atomic E-state index is 11.6. The van der Waals surface area contributed by atoms with Crippen molar-refractivity contribution >= 4 is 11.5 Å². The maximum Gasteiger partial charge on any atom is 0.244 e. The molecule has 0 aliphatic rings. The molecule has 2 N–H and O–H groups in total.